The van der Waals surface area contributed by atoms with Gasteiger partial charge in [-0.05, 0) is 31.8 Å². The van der Waals surface area contributed by atoms with Crippen molar-refractivity contribution in [3.8, 4) is 0 Å². The summed E-state index contributed by atoms with van der Waals surface area (Å²) in [6, 6.07) is 0. The molecule has 0 radical (unpaired) electrons. The molecule has 0 heterocycles. The maximum atomic E-state index is 11.7. The van der Waals surface area contributed by atoms with E-state index in [-0.39, 0.29) is 11.7 Å². The van der Waals surface area contributed by atoms with Crippen molar-refractivity contribution in [2.24, 2.45) is 0 Å². The van der Waals surface area contributed by atoms with Crippen molar-refractivity contribution < 1.29 is 17.8 Å². The minimum absolute atomic E-state index is 0.0626. The molecule has 0 aliphatic carbocycles. The fraction of sp³-hybridized carbons (Fsp3) is 0.786. The van der Waals surface area contributed by atoms with E-state index < -0.39 is 10.1 Å². The van der Waals surface area contributed by atoms with Crippen LogP contribution in [0.15, 0.2) is 12.2 Å². The highest BCUT2D eigenvalue weighted by Crippen LogP contribution is 2.03. The summed E-state index contributed by atoms with van der Waals surface area (Å²) in [5.41, 5.74) is 0. The van der Waals surface area contributed by atoms with Crippen LogP contribution in [0.5, 0.6) is 0 Å². The van der Waals surface area contributed by atoms with Gasteiger partial charge in [-0.3, -0.25) is 9.35 Å². The summed E-state index contributed by atoms with van der Waals surface area (Å²) in [7, 11) is -2.19. The molecule has 0 aliphatic rings. The Morgan fingerprint density at radius 2 is 1.85 bits per heavy atom. The van der Waals surface area contributed by atoms with Crippen molar-refractivity contribution in [3.05, 3.63) is 12.2 Å². The second kappa shape index (κ2) is 10.9. The Morgan fingerprint density at radius 3 is 2.45 bits per heavy atom. The number of amides is 1. The van der Waals surface area contributed by atoms with Gasteiger partial charge in [-0.15, -0.1) is 0 Å². The predicted molar refractivity (Wildman–Crippen MR) is 81.2 cm³/mol. The highest BCUT2D eigenvalue weighted by Gasteiger charge is 2.07. The number of rotatable bonds is 11. The van der Waals surface area contributed by atoms with Crippen LogP contribution >= 0.6 is 0 Å². The van der Waals surface area contributed by atoms with Crippen molar-refractivity contribution >= 4 is 16.0 Å². The molecule has 0 unspecified atom stereocenters. The SMILES string of the molecule is CCCCCC/C=C/C(=O)N(C)CCCCS(=O)(=O)O. The van der Waals surface area contributed by atoms with Crippen molar-refractivity contribution in [1.29, 1.82) is 0 Å². The number of hydrogen-bond donors (Lipinski definition) is 1. The number of allylic oxidation sites excluding steroid dienone is 1. The summed E-state index contributed by atoms with van der Waals surface area (Å²) in [5, 5.41) is 0. The summed E-state index contributed by atoms with van der Waals surface area (Å²) in [6.45, 7) is 2.66. The molecule has 1 N–H and O–H groups in total. The molecule has 0 bridgehead atoms. The van der Waals surface area contributed by atoms with Crippen LogP contribution in [-0.4, -0.2) is 43.1 Å². The minimum atomic E-state index is -3.89. The average molecular weight is 305 g/mol. The van der Waals surface area contributed by atoms with Crippen LogP contribution < -0.4 is 0 Å². The predicted octanol–water partition coefficient (Wildman–Crippen LogP) is 2.64. The van der Waals surface area contributed by atoms with E-state index in [1.807, 2.05) is 6.08 Å². The van der Waals surface area contributed by atoms with Crippen LogP contribution in [0.1, 0.15) is 51.9 Å². The molecule has 20 heavy (non-hydrogen) atoms. The van der Waals surface area contributed by atoms with Gasteiger partial charge in [-0.25, -0.2) is 0 Å². The van der Waals surface area contributed by atoms with E-state index in [4.69, 9.17) is 4.55 Å². The molecule has 5 nitrogen and oxygen atoms in total. The zero-order valence-corrected chi connectivity index (χ0v) is 13.4. The standard InChI is InChI=1S/C14H27NO4S/c1-3-4-5-6-7-8-11-14(16)15(2)12-9-10-13-20(17,18)19/h8,11H,3-7,9-10,12-13H2,1-2H3,(H,17,18,19)/b11-8+. The molecule has 118 valence electrons. The van der Waals surface area contributed by atoms with E-state index in [0.29, 0.717) is 19.4 Å². The molecular formula is C14H27NO4S. The van der Waals surface area contributed by atoms with E-state index in [2.05, 4.69) is 6.92 Å². The molecule has 0 fully saturated rings. The topological polar surface area (TPSA) is 74.7 Å². The van der Waals surface area contributed by atoms with Crippen molar-refractivity contribution in [2.75, 3.05) is 19.3 Å². The first-order chi connectivity index (χ1) is 9.37. The highest BCUT2D eigenvalue weighted by atomic mass is 32.2. The van der Waals surface area contributed by atoms with Gasteiger partial charge in [-0.1, -0.05) is 32.3 Å². The Balaban J connectivity index is 3.72. The lowest BCUT2D eigenvalue weighted by Crippen LogP contribution is -2.26. The smallest absolute Gasteiger partial charge is 0.264 e. The van der Waals surface area contributed by atoms with E-state index in [1.165, 1.54) is 19.3 Å². The van der Waals surface area contributed by atoms with Gasteiger partial charge >= 0.3 is 0 Å². The number of likely N-dealkylation sites (N-methyl/N-ethyl adjacent to an activating group) is 1. The van der Waals surface area contributed by atoms with E-state index in [0.717, 1.165) is 12.8 Å². The van der Waals surface area contributed by atoms with Gasteiger partial charge in [0.15, 0.2) is 0 Å². The van der Waals surface area contributed by atoms with E-state index in [1.54, 1.807) is 18.0 Å². The van der Waals surface area contributed by atoms with Gasteiger partial charge in [0.2, 0.25) is 5.91 Å². The lowest BCUT2D eigenvalue weighted by atomic mass is 10.1. The lowest BCUT2D eigenvalue weighted by Gasteiger charge is -2.14. The average Bonchev–Trinajstić information content (AvgIpc) is 2.37. The number of hydrogen-bond acceptors (Lipinski definition) is 3. The van der Waals surface area contributed by atoms with Crippen LogP contribution in [-0.2, 0) is 14.9 Å². The summed E-state index contributed by atoms with van der Waals surface area (Å²) < 4.78 is 29.6. The Morgan fingerprint density at radius 1 is 1.15 bits per heavy atom. The fourth-order valence-electron chi connectivity index (χ4n) is 1.74. The third-order valence-electron chi connectivity index (χ3n) is 3.01. The molecule has 0 spiro atoms. The molecule has 0 saturated heterocycles. The third-order valence-corrected chi connectivity index (χ3v) is 3.81. The molecule has 0 atom stereocenters. The molecule has 1 amide bonds. The summed E-state index contributed by atoms with van der Waals surface area (Å²) in [6.07, 6.45) is 10.0. The van der Waals surface area contributed by atoms with Crippen molar-refractivity contribution in [1.82, 2.24) is 4.90 Å². The number of unbranched alkanes of at least 4 members (excludes halogenated alkanes) is 5. The zero-order valence-electron chi connectivity index (χ0n) is 12.5. The quantitative estimate of drug-likeness (QED) is 0.362. The molecule has 6 heteroatoms. The van der Waals surface area contributed by atoms with Crippen LogP contribution in [0.2, 0.25) is 0 Å². The summed E-state index contributed by atoms with van der Waals surface area (Å²) in [5.74, 6) is -0.310. The van der Waals surface area contributed by atoms with Gasteiger partial charge in [0.25, 0.3) is 10.1 Å². The molecule has 0 aromatic carbocycles. The number of nitrogens with zero attached hydrogens (tertiary/aromatic N) is 1. The van der Waals surface area contributed by atoms with Gasteiger partial charge in [-0.2, -0.15) is 8.42 Å². The molecular weight excluding hydrogens is 278 g/mol. The maximum absolute atomic E-state index is 11.7. The normalized spacial score (nSPS) is 11.9. The fourth-order valence-corrected chi connectivity index (χ4v) is 2.31. The molecule has 0 rings (SSSR count). The van der Waals surface area contributed by atoms with Crippen molar-refractivity contribution in [3.63, 3.8) is 0 Å². The van der Waals surface area contributed by atoms with Gasteiger partial charge in [0, 0.05) is 13.6 Å². The van der Waals surface area contributed by atoms with Crippen LogP contribution in [0, 0.1) is 0 Å². The van der Waals surface area contributed by atoms with Crippen LogP contribution in [0.4, 0.5) is 0 Å². The summed E-state index contributed by atoms with van der Waals surface area (Å²) >= 11 is 0. The zero-order chi connectivity index (χ0) is 15.4. The van der Waals surface area contributed by atoms with Crippen LogP contribution in [0.25, 0.3) is 0 Å². The molecule has 0 aromatic rings. The minimum Gasteiger partial charge on any atom is -0.342 e. The molecule has 0 saturated carbocycles. The molecule has 0 aromatic heterocycles. The van der Waals surface area contributed by atoms with Gasteiger partial charge < -0.3 is 4.90 Å². The van der Waals surface area contributed by atoms with Gasteiger partial charge in [0.05, 0.1) is 5.75 Å². The second-order valence-electron chi connectivity index (χ2n) is 5.00. The number of carbonyl (C=O) groups excluding carboxylic acids is 1. The van der Waals surface area contributed by atoms with Crippen molar-refractivity contribution in [2.45, 2.75) is 51.9 Å². The first-order valence-electron chi connectivity index (χ1n) is 7.23. The van der Waals surface area contributed by atoms with E-state index in [9.17, 15) is 13.2 Å². The first-order valence-corrected chi connectivity index (χ1v) is 8.84. The Labute approximate surface area is 122 Å². The monoisotopic (exact) mass is 305 g/mol. The van der Waals surface area contributed by atoms with E-state index >= 15 is 0 Å². The second-order valence-corrected chi connectivity index (χ2v) is 6.58. The third kappa shape index (κ3) is 12.2. The Kier molecular flexibility index (Phi) is 10.4. The summed E-state index contributed by atoms with van der Waals surface area (Å²) in [4.78, 5) is 13.3. The first kappa shape index (κ1) is 19.1. The highest BCUT2D eigenvalue weighted by molar-refractivity contribution is 7.85. The number of carbonyl (C=O) groups is 1. The maximum Gasteiger partial charge on any atom is 0.264 e. The Hall–Kier alpha value is -0.880. The van der Waals surface area contributed by atoms with Gasteiger partial charge in [0.1, 0.15) is 0 Å². The Bertz CT molecular complexity index is 390. The lowest BCUT2D eigenvalue weighted by molar-refractivity contribution is -0.124. The van der Waals surface area contributed by atoms with Crippen LogP contribution in [0.3, 0.4) is 0 Å². The largest absolute Gasteiger partial charge is 0.342 e. The molecule has 0 aliphatic heterocycles.